The van der Waals surface area contributed by atoms with Crippen LogP contribution < -0.4 is 5.32 Å². The van der Waals surface area contributed by atoms with Crippen molar-refractivity contribution in [2.75, 3.05) is 19.1 Å². The van der Waals surface area contributed by atoms with Crippen LogP contribution >= 0.6 is 11.8 Å². The molecule has 14 heavy (non-hydrogen) atoms. The maximum absolute atomic E-state index is 4.47. The van der Waals surface area contributed by atoms with Crippen molar-refractivity contribution < 1.29 is 0 Å². The van der Waals surface area contributed by atoms with Crippen LogP contribution in [0.25, 0.3) is 0 Å². The monoisotopic (exact) mass is 213 g/mol. The lowest BCUT2D eigenvalue weighted by Crippen LogP contribution is -2.05. The van der Waals surface area contributed by atoms with E-state index in [0.717, 1.165) is 18.8 Å². The van der Waals surface area contributed by atoms with E-state index in [2.05, 4.69) is 34.5 Å². The van der Waals surface area contributed by atoms with Gasteiger partial charge >= 0.3 is 0 Å². The number of thioether (sulfide) groups is 1. The van der Waals surface area contributed by atoms with Crippen LogP contribution in [0.2, 0.25) is 0 Å². The van der Waals surface area contributed by atoms with E-state index in [9.17, 15) is 0 Å². The number of nitrogens with zero attached hydrogens (tertiary/aromatic N) is 2. The molecule has 0 aliphatic rings. The molecule has 0 atom stereocenters. The van der Waals surface area contributed by atoms with E-state index < -0.39 is 0 Å². The van der Waals surface area contributed by atoms with Gasteiger partial charge in [0.1, 0.15) is 0 Å². The Bertz CT molecular complexity index is 270. The Morgan fingerprint density at radius 2 is 2.36 bits per heavy atom. The van der Waals surface area contributed by atoms with Gasteiger partial charge in [-0.15, -0.1) is 0 Å². The minimum atomic E-state index is 0.911. The summed E-state index contributed by atoms with van der Waals surface area (Å²) in [5.74, 6) is 1.21. The van der Waals surface area contributed by atoms with Crippen molar-refractivity contribution >= 4 is 11.8 Å². The van der Waals surface area contributed by atoms with Gasteiger partial charge in [0.15, 0.2) is 0 Å². The second kappa shape index (κ2) is 6.09. The fraction of sp³-hybridized carbons (Fsp3) is 0.700. The summed E-state index contributed by atoms with van der Waals surface area (Å²) < 4.78 is 2.05. The van der Waals surface area contributed by atoms with Gasteiger partial charge in [-0.25, -0.2) is 0 Å². The molecule has 0 aliphatic carbocycles. The summed E-state index contributed by atoms with van der Waals surface area (Å²) in [5.41, 5.74) is 2.44. The molecule has 0 unspecified atom stereocenters. The molecule has 80 valence electrons. The summed E-state index contributed by atoms with van der Waals surface area (Å²) in [5, 5.41) is 7.62. The molecule has 0 radical (unpaired) electrons. The zero-order valence-corrected chi connectivity index (χ0v) is 10.0. The highest BCUT2D eigenvalue weighted by molar-refractivity contribution is 7.98. The Morgan fingerprint density at radius 3 is 3.00 bits per heavy atom. The molecule has 0 fully saturated rings. The summed E-state index contributed by atoms with van der Waals surface area (Å²) in [7, 11) is 1.96. The van der Waals surface area contributed by atoms with Gasteiger partial charge in [0.05, 0.1) is 5.69 Å². The molecule has 3 nitrogen and oxygen atoms in total. The van der Waals surface area contributed by atoms with Crippen LogP contribution in [0.1, 0.15) is 17.7 Å². The third-order valence-corrected chi connectivity index (χ3v) is 2.85. The standard InChI is InChI=1S/C10H19N3S/c1-9-10(7-11-2)8-13(12-9)5-4-6-14-3/h8,11H,4-7H2,1-3H3. The number of aryl methyl sites for hydroxylation is 2. The van der Waals surface area contributed by atoms with Gasteiger partial charge in [0.2, 0.25) is 0 Å². The first-order valence-electron chi connectivity index (χ1n) is 4.94. The third-order valence-electron chi connectivity index (χ3n) is 2.15. The van der Waals surface area contributed by atoms with Gasteiger partial charge in [-0.2, -0.15) is 16.9 Å². The van der Waals surface area contributed by atoms with E-state index in [1.54, 1.807) is 0 Å². The predicted octanol–water partition coefficient (Wildman–Crippen LogP) is 1.66. The lowest BCUT2D eigenvalue weighted by atomic mass is 10.3. The molecule has 4 heteroatoms. The lowest BCUT2D eigenvalue weighted by Gasteiger charge is -1.98. The fourth-order valence-electron chi connectivity index (χ4n) is 1.41. The molecular weight excluding hydrogens is 194 g/mol. The van der Waals surface area contributed by atoms with E-state index in [-0.39, 0.29) is 0 Å². The number of aromatic nitrogens is 2. The molecule has 1 aromatic rings. The van der Waals surface area contributed by atoms with Crippen molar-refractivity contribution in [3.05, 3.63) is 17.5 Å². The number of nitrogens with one attached hydrogen (secondary N) is 1. The van der Waals surface area contributed by atoms with Crippen molar-refractivity contribution in [1.82, 2.24) is 15.1 Å². The van der Waals surface area contributed by atoms with E-state index in [1.807, 2.05) is 18.8 Å². The van der Waals surface area contributed by atoms with Crippen LogP contribution in [0.5, 0.6) is 0 Å². The zero-order chi connectivity index (χ0) is 10.4. The number of hydrogen-bond acceptors (Lipinski definition) is 3. The lowest BCUT2D eigenvalue weighted by molar-refractivity contribution is 0.601. The smallest absolute Gasteiger partial charge is 0.0638 e. The fourth-order valence-corrected chi connectivity index (χ4v) is 1.83. The molecule has 1 heterocycles. The second-order valence-corrected chi connectivity index (χ2v) is 4.37. The van der Waals surface area contributed by atoms with Gasteiger partial charge in [0, 0.05) is 24.8 Å². The molecular formula is C10H19N3S. The Hall–Kier alpha value is -0.480. The average Bonchev–Trinajstić information content (AvgIpc) is 2.49. The van der Waals surface area contributed by atoms with Crippen LogP contribution in [0.15, 0.2) is 6.20 Å². The highest BCUT2D eigenvalue weighted by Crippen LogP contribution is 2.06. The Labute approximate surface area is 90.3 Å². The van der Waals surface area contributed by atoms with E-state index in [4.69, 9.17) is 0 Å². The second-order valence-electron chi connectivity index (χ2n) is 3.38. The molecule has 0 saturated carbocycles. The van der Waals surface area contributed by atoms with Gasteiger partial charge in [0.25, 0.3) is 0 Å². The van der Waals surface area contributed by atoms with Crippen molar-refractivity contribution in [1.29, 1.82) is 0 Å². The summed E-state index contributed by atoms with van der Waals surface area (Å²) >= 11 is 1.89. The van der Waals surface area contributed by atoms with Crippen LogP contribution in [-0.2, 0) is 13.1 Å². The van der Waals surface area contributed by atoms with Crippen LogP contribution in [0.3, 0.4) is 0 Å². The maximum atomic E-state index is 4.47. The quantitative estimate of drug-likeness (QED) is 0.729. The van der Waals surface area contributed by atoms with E-state index >= 15 is 0 Å². The first kappa shape index (κ1) is 11.6. The Morgan fingerprint density at radius 1 is 1.57 bits per heavy atom. The molecule has 0 spiro atoms. The summed E-state index contributed by atoms with van der Waals surface area (Å²) in [6.07, 6.45) is 5.48. The van der Waals surface area contributed by atoms with Crippen molar-refractivity contribution in [2.24, 2.45) is 0 Å². The highest BCUT2D eigenvalue weighted by atomic mass is 32.2. The van der Waals surface area contributed by atoms with Crippen LogP contribution in [0.4, 0.5) is 0 Å². The molecule has 0 amide bonds. The van der Waals surface area contributed by atoms with Crippen molar-refractivity contribution in [3.8, 4) is 0 Å². The normalized spacial score (nSPS) is 10.8. The number of rotatable bonds is 6. The third kappa shape index (κ3) is 3.35. The zero-order valence-electron chi connectivity index (χ0n) is 9.21. The first-order chi connectivity index (χ1) is 6.77. The topological polar surface area (TPSA) is 29.9 Å². The molecule has 0 bridgehead atoms. The van der Waals surface area contributed by atoms with Crippen LogP contribution in [0, 0.1) is 6.92 Å². The van der Waals surface area contributed by atoms with Gasteiger partial charge in [-0.3, -0.25) is 4.68 Å². The first-order valence-corrected chi connectivity index (χ1v) is 6.33. The number of hydrogen-bond donors (Lipinski definition) is 1. The van der Waals surface area contributed by atoms with E-state index in [0.29, 0.717) is 0 Å². The molecule has 0 aromatic carbocycles. The highest BCUT2D eigenvalue weighted by Gasteiger charge is 2.02. The van der Waals surface area contributed by atoms with Gasteiger partial charge in [-0.05, 0) is 32.4 Å². The minimum absolute atomic E-state index is 0.911. The van der Waals surface area contributed by atoms with Gasteiger partial charge < -0.3 is 5.32 Å². The minimum Gasteiger partial charge on any atom is -0.316 e. The summed E-state index contributed by atoms with van der Waals surface area (Å²) in [6.45, 7) is 4.01. The predicted molar refractivity (Wildman–Crippen MR) is 62.7 cm³/mol. The Balaban J connectivity index is 2.48. The maximum Gasteiger partial charge on any atom is 0.0638 e. The SMILES string of the molecule is CNCc1cn(CCCSC)nc1C. The largest absolute Gasteiger partial charge is 0.316 e. The Kier molecular flexibility index (Phi) is 5.04. The van der Waals surface area contributed by atoms with Gasteiger partial charge in [-0.1, -0.05) is 0 Å². The average molecular weight is 213 g/mol. The molecule has 1 rings (SSSR count). The van der Waals surface area contributed by atoms with E-state index in [1.165, 1.54) is 17.7 Å². The van der Waals surface area contributed by atoms with Crippen molar-refractivity contribution in [2.45, 2.75) is 26.4 Å². The summed E-state index contributed by atoms with van der Waals surface area (Å²) in [6, 6.07) is 0. The van der Waals surface area contributed by atoms with Crippen molar-refractivity contribution in [3.63, 3.8) is 0 Å². The molecule has 0 saturated heterocycles. The van der Waals surface area contributed by atoms with Crippen LogP contribution in [-0.4, -0.2) is 28.8 Å². The molecule has 1 aromatic heterocycles. The molecule has 0 aliphatic heterocycles. The summed E-state index contributed by atoms with van der Waals surface area (Å²) in [4.78, 5) is 0. The molecule has 1 N–H and O–H groups in total.